The van der Waals surface area contributed by atoms with Gasteiger partial charge in [0.05, 0.1) is 23.3 Å². The van der Waals surface area contributed by atoms with Crippen LogP contribution in [0.4, 0.5) is 8.78 Å². The largest absolute Gasteiger partial charge is 0.450 e. The van der Waals surface area contributed by atoms with E-state index in [1.807, 2.05) is 12.1 Å². The maximum absolute atomic E-state index is 15.0. The van der Waals surface area contributed by atoms with Gasteiger partial charge in [0.15, 0.2) is 11.6 Å². The maximum Gasteiger partial charge on any atom is 0.210 e. The molecule has 0 radical (unpaired) electrons. The third-order valence-electron chi connectivity index (χ3n) is 3.88. The summed E-state index contributed by atoms with van der Waals surface area (Å²) in [6.45, 7) is 0. The van der Waals surface area contributed by atoms with Crippen LogP contribution in [0.2, 0.25) is 0 Å². The Morgan fingerprint density at radius 1 is 0.600 bits per heavy atom. The molecule has 0 aliphatic carbocycles. The Hall–Kier alpha value is -4.92. The quantitative estimate of drug-likeness (QED) is 0.608. The van der Waals surface area contributed by atoms with Gasteiger partial charge in [-0.15, -0.1) is 0 Å². The van der Waals surface area contributed by atoms with Crippen LogP contribution in [0.15, 0.2) is 48.5 Å². The summed E-state index contributed by atoms with van der Waals surface area (Å²) >= 11 is 0. The second kappa shape index (κ2) is 8.40. The lowest BCUT2D eigenvalue weighted by atomic mass is 10.1. The maximum atomic E-state index is 15.0. The van der Waals surface area contributed by atoms with E-state index in [2.05, 4.69) is 0 Å². The molecular formula is C22H8F2N4O2. The van der Waals surface area contributed by atoms with E-state index in [0.717, 1.165) is 0 Å². The Balaban J connectivity index is 2.21. The van der Waals surface area contributed by atoms with Crippen molar-refractivity contribution < 1.29 is 18.3 Å². The van der Waals surface area contributed by atoms with Crippen molar-refractivity contribution in [3.8, 4) is 47.3 Å². The number of hydrogen-bond donors (Lipinski definition) is 0. The molecular weight excluding hydrogens is 390 g/mol. The van der Waals surface area contributed by atoms with Gasteiger partial charge in [-0.3, -0.25) is 0 Å². The van der Waals surface area contributed by atoms with Crippen molar-refractivity contribution in [1.29, 1.82) is 21.0 Å². The summed E-state index contributed by atoms with van der Waals surface area (Å²) in [5.74, 6) is -4.19. The molecule has 30 heavy (non-hydrogen) atoms. The fourth-order valence-electron chi connectivity index (χ4n) is 2.53. The van der Waals surface area contributed by atoms with Gasteiger partial charge >= 0.3 is 0 Å². The molecule has 6 nitrogen and oxygen atoms in total. The van der Waals surface area contributed by atoms with Crippen molar-refractivity contribution in [3.63, 3.8) is 0 Å². The fourth-order valence-corrected chi connectivity index (χ4v) is 2.53. The van der Waals surface area contributed by atoms with Crippen LogP contribution in [-0.2, 0) is 0 Å². The van der Waals surface area contributed by atoms with Crippen molar-refractivity contribution in [2.24, 2.45) is 0 Å². The summed E-state index contributed by atoms with van der Waals surface area (Å²) in [6.07, 6.45) is 0. The highest BCUT2D eigenvalue weighted by molar-refractivity contribution is 5.60. The molecule has 0 saturated carbocycles. The number of nitriles is 4. The summed E-state index contributed by atoms with van der Waals surface area (Å²) in [7, 11) is 0. The van der Waals surface area contributed by atoms with Gasteiger partial charge in [0.2, 0.25) is 11.5 Å². The molecule has 3 aromatic carbocycles. The van der Waals surface area contributed by atoms with Gasteiger partial charge in [-0.25, -0.2) is 8.78 Å². The van der Waals surface area contributed by atoms with E-state index in [1.54, 1.807) is 0 Å². The Bertz CT molecular complexity index is 1220. The second-order valence-corrected chi connectivity index (χ2v) is 5.74. The molecule has 0 aliphatic heterocycles. The van der Waals surface area contributed by atoms with E-state index in [4.69, 9.17) is 20.0 Å². The minimum Gasteiger partial charge on any atom is -0.450 e. The molecule has 8 heteroatoms. The molecule has 0 fully saturated rings. The van der Waals surface area contributed by atoms with Gasteiger partial charge in [0.1, 0.15) is 34.8 Å². The second-order valence-electron chi connectivity index (χ2n) is 5.74. The molecule has 0 atom stereocenters. The smallest absolute Gasteiger partial charge is 0.210 e. The van der Waals surface area contributed by atoms with E-state index in [0.29, 0.717) is 0 Å². The van der Waals surface area contributed by atoms with Crippen LogP contribution in [0.5, 0.6) is 23.0 Å². The monoisotopic (exact) mass is 398 g/mol. The molecule has 0 spiro atoms. The van der Waals surface area contributed by atoms with Crippen LogP contribution in [0.25, 0.3) is 0 Å². The predicted octanol–water partition coefficient (Wildman–Crippen LogP) is 5.04. The zero-order chi connectivity index (χ0) is 21.7. The zero-order valence-electron chi connectivity index (χ0n) is 15.0. The number of hydrogen-bond acceptors (Lipinski definition) is 6. The summed E-state index contributed by atoms with van der Waals surface area (Å²) in [5.41, 5.74) is -1.29. The molecule has 142 valence electrons. The van der Waals surface area contributed by atoms with Crippen LogP contribution in [0.1, 0.15) is 22.3 Å². The third kappa shape index (κ3) is 3.71. The van der Waals surface area contributed by atoms with Gasteiger partial charge in [0.25, 0.3) is 0 Å². The first kappa shape index (κ1) is 19.8. The highest BCUT2D eigenvalue weighted by atomic mass is 19.1. The van der Waals surface area contributed by atoms with Crippen LogP contribution >= 0.6 is 0 Å². The van der Waals surface area contributed by atoms with Crippen LogP contribution < -0.4 is 9.47 Å². The number of nitrogens with zero attached hydrogens (tertiary/aromatic N) is 4. The van der Waals surface area contributed by atoms with Gasteiger partial charge in [-0.1, -0.05) is 12.1 Å². The topological polar surface area (TPSA) is 114 Å². The molecule has 3 aromatic rings. The fraction of sp³-hybridized carbons (Fsp3) is 0. The van der Waals surface area contributed by atoms with E-state index >= 15 is 8.78 Å². The van der Waals surface area contributed by atoms with Crippen LogP contribution in [-0.4, -0.2) is 0 Å². The summed E-state index contributed by atoms with van der Waals surface area (Å²) in [5, 5.41) is 36.4. The number of ether oxygens (including phenoxy) is 2. The first-order valence-electron chi connectivity index (χ1n) is 8.23. The minimum absolute atomic E-state index is 0.0171. The molecule has 0 saturated heterocycles. The lowest BCUT2D eigenvalue weighted by Gasteiger charge is -2.16. The first-order chi connectivity index (χ1) is 14.5. The molecule has 0 amide bonds. The van der Waals surface area contributed by atoms with E-state index in [9.17, 15) is 10.5 Å². The van der Waals surface area contributed by atoms with Gasteiger partial charge < -0.3 is 9.47 Å². The van der Waals surface area contributed by atoms with Gasteiger partial charge in [-0.2, -0.15) is 21.0 Å². The lowest BCUT2D eigenvalue weighted by molar-refractivity contribution is 0.373. The molecule has 3 rings (SSSR count). The standard InChI is InChI=1S/C22H8F2N4O2/c23-19-17(11-27)18(12-28)20(24)22(30-16-6-2-4-14(8-16)10-26)21(19)29-15-5-1-3-13(7-15)9-25/h1-8H. The lowest BCUT2D eigenvalue weighted by Crippen LogP contribution is -2.03. The normalized spacial score (nSPS) is 9.53. The third-order valence-corrected chi connectivity index (χ3v) is 3.88. The number of halogens is 2. The van der Waals surface area contributed by atoms with Gasteiger partial charge in [0, 0.05) is 0 Å². The Morgan fingerprint density at radius 3 is 1.33 bits per heavy atom. The number of benzene rings is 3. The summed E-state index contributed by atoms with van der Waals surface area (Å²) in [4.78, 5) is 0. The Labute approximate surface area is 169 Å². The average Bonchev–Trinajstić information content (AvgIpc) is 2.78. The van der Waals surface area contributed by atoms with Crippen molar-refractivity contribution in [3.05, 3.63) is 82.4 Å². The van der Waals surface area contributed by atoms with E-state index < -0.39 is 34.3 Å². The molecule has 0 heterocycles. The highest BCUT2D eigenvalue weighted by Crippen LogP contribution is 2.42. The van der Waals surface area contributed by atoms with E-state index in [1.165, 1.54) is 60.7 Å². The Kier molecular flexibility index (Phi) is 5.55. The molecule has 0 N–H and O–H groups in total. The molecule has 0 bridgehead atoms. The summed E-state index contributed by atoms with van der Waals surface area (Å²) in [6, 6.07) is 17.9. The SMILES string of the molecule is N#Cc1cccc(Oc2c(F)c(C#N)c(C#N)c(F)c2Oc2cccc(C#N)c2)c1. The summed E-state index contributed by atoms with van der Waals surface area (Å²) < 4.78 is 40.9. The predicted molar refractivity (Wildman–Crippen MR) is 98.2 cm³/mol. The average molecular weight is 398 g/mol. The zero-order valence-corrected chi connectivity index (χ0v) is 15.0. The van der Waals surface area contributed by atoms with Crippen molar-refractivity contribution in [1.82, 2.24) is 0 Å². The van der Waals surface area contributed by atoms with Crippen LogP contribution in [0, 0.1) is 57.0 Å². The van der Waals surface area contributed by atoms with Crippen molar-refractivity contribution in [2.75, 3.05) is 0 Å². The first-order valence-corrected chi connectivity index (χ1v) is 8.23. The van der Waals surface area contributed by atoms with Gasteiger partial charge in [-0.05, 0) is 36.4 Å². The highest BCUT2D eigenvalue weighted by Gasteiger charge is 2.28. The molecule has 0 aliphatic rings. The van der Waals surface area contributed by atoms with Crippen molar-refractivity contribution in [2.45, 2.75) is 0 Å². The number of rotatable bonds is 4. The molecule has 0 aromatic heterocycles. The Morgan fingerprint density at radius 2 is 1.00 bits per heavy atom. The minimum atomic E-state index is -1.30. The van der Waals surface area contributed by atoms with Crippen LogP contribution in [0.3, 0.4) is 0 Å². The van der Waals surface area contributed by atoms with E-state index in [-0.39, 0.29) is 22.6 Å². The molecule has 0 unspecified atom stereocenters. The van der Waals surface area contributed by atoms with Crippen molar-refractivity contribution >= 4 is 0 Å².